The van der Waals surface area contributed by atoms with Gasteiger partial charge < -0.3 is 28.7 Å². The number of fused-ring (bicyclic) bond motifs is 2. The average molecular weight is 411 g/mol. The number of methoxy groups -OCH3 is 1. The van der Waals surface area contributed by atoms with Crippen molar-refractivity contribution in [3.05, 3.63) is 53.8 Å². The summed E-state index contributed by atoms with van der Waals surface area (Å²) in [5.74, 6) is -0.0194. The van der Waals surface area contributed by atoms with Crippen LogP contribution in [-0.2, 0) is 20.9 Å². The summed E-state index contributed by atoms with van der Waals surface area (Å²) in [6.07, 6.45) is -1.05. The average Bonchev–Trinajstić information content (AvgIpc) is 3.12. The lowest BCUT2D eigenvalue weighted by Gasteiger charge is -2.19. The van der Waals surface area contributed by atoms with E-state index in [4.69, 9.17) is 23.4 Å². The maximum atomic E-state index is 12.7. The van der Waals surface area contributed by atoms with Gasteiger partial charge in [0.15, 0.2) is 17.6 Å². The first-order valence-electron chi connectivity index (χ1n) is 9.47. The molecule has 0 spiro atoms. The number of hydrogen-bond donors (Lipinski definition) is 1. The summed E-state index contributed by atoms with van der Waals surface area (Å²) in [7, 11) is 1.53. The van der Waals surface area contributed by atoms with Crippen molar-refractivity contribution in [3.63, 3.8) is 0 Å². The van der Waals surface area contributed by atoms with E-state index in [2.05, 4.69) is 5.32 Å². The number of carbonyl (C=O) groups excluding carboxylic acids is 2. The highest BCUT2D eigenvalue weighted by molar-refractivity contribution is 5.99. The molecule has 1 amide bonds. The highest BCUT2D eigenvalue weighted by Gasteiger charge is 2.26. The second kappa shape index (κ2) is 8.46. The fourth-order valence-electron chi connectivity index (χ4n) is 3.18. The van der Waals surface area contributed by atoms with Crippen molar-refractivity contribution in [2.75, 3.05) is 25.6 Å². The van der Waals surface area contributed by atoms with Gasteiger partial charge in [0.05, 0.1) is 6.61 Å². The van der Waals surface area contributed by atoms with E-state index in [1.807, 2.05) is 12.1 Å². The Labute approximate surface area is 172 Å². The number of para-hydroxylation sites is 1. The SMILES string of the molecule is COCc1c(C(=O)O[C@H](C)C(=O)Nc2ccc3c(c2)OCCO3)oc2ccccc12. The summed E-state index contributed by atoms with van der Waals surface area (Å²) in [5, 5.41) is 3.47. The second-order valence-corrected chi connectivity index (χ2v) is 6.73. The van der Waals surface area contributed by atoms with Crippen LogP contribution in [0.3, 0.4) is 0 Å². The number of rotatable bonds is 6. The second-order valence-electron chi connectivity index (χ2n) is 6.73. The van der Waals surface area contributed by atoms with Crippen LogP contribution in [-0.4, -0.2) is 38.3 Å². The summed E-state index contributed by atoms with van der Waals surface area (Å²) in [5.41, 5.74) is 1.64. The van der Waals surface area contributed by atoms with Crippen LogP contribution in [0.1, 0.15) is 23.0 Å². The fourth-order valence-corrected chi connectivity index (χ4v) is 3.18. The Hall–Kier alpha value is -3.52. The fraction of sp³-hybridized carbons (Fsp3) is 0.273. The van der Waals surface area contributed by atoms with Gasteiger partial charge in [0, 0.05) is 29.8 Å². The maximum absolute atomic E-state index is 12.7. The predicted octanol–water partition coefficient (Wildman–Crippen LogP) is 3.53. The molecular formula is C22H21NO7. The summed E-state index contributed by atoms with van der Waals surface area (Å²) in [6, 6.07) is 12.3. The Morgan fingerprint density at radius 1 is 1.10 bits per heavy atom. The number of ether oxygens (including phenoxy) is 4. The number of nitrogens with one attached hydrogen (secondary N) is 1. The van der Waals surface area contributed by atoms with Gasteiger partial charge in [-0.2, -0.15) is 0 Å². The smallest absolute Gasteiger partial charge is 0.375 e. The molecule has 0 fully saturated rings. The molecule has 1 aromatic heterocycles. The third-order valence-corrected chi connectivity index (χ3v) is 4.64. The quantitative estimate of drug-likeness (QED) is 0.620. The van der Waals surface area contributed by atoms with Gasteiger partial charge in [-0.15, -0.1) is 0 Å². The molecule has 8 heteroatoms. The topological polar surface area (TPSA) is 96.2 Å². The van der Waals surface area contributed by atoms with Crippen molar-refractivity contribution in [3.8, 4) is 11.5 Å². The Kier molecular flexibility index (Phi) is 5.58. The molecule has 1 aliphatic rings. The van der Waals surface area contributed by atoms with Gasteiger partial charge in [0.1, 0.15) is 18.8 Å². The number of furan rings is 1. The normalized spacial score (nSPS) is 13.7. The van der Waals surface area contributed by atoms with E-state index >= 15 is 0 Å². The molecule has 0 saturated carbocycles. The molecule has 0 unspecified atom stereocenters. The first-order chi connectivity index (χ1) is 14.6. The summed E-state index contributed by atoms with van der Waals surface area (Å²) >= 11 is 0. The van der Waals surface area contributed by atoms with Crippen LogP contribution in [0.15, 0.2) is 46.9 Å². The minimum Gasteiger partial charge on any atom is -0.486 e. The third-order valence-electron chi connectivity index (χ3n) is 4.64. The lowest BCUT2D eigenvalue weighted by atomic mass is 10.1. The molecule has 0 saturated heterocycles. The van der Waals surface area contributed by atoms with Crippen LogP contribution in [0.2, 0.25) is 0 Å². The molecule has 0 radical (unpaired) electrons. The molecule has 2 aromatic carbocycles. The molecule has 0 bridgehead atoms. The predicted molar refractivity (Wildman–Crippen MR) is 108 cm³/mol. The Balaban J connectivity index is 1.46. The summed E-state index contributed by atoms with van der Waals surface area (Å²) in [4.78, 5) is 25.2. The van der Waals surface area contributed by atoms with Gasteiger partial charge in [0.2, 0.25) is 5.76 Å². The third kappa shape index (κ3) is 3.95. The van der Waals surface area contributed by atoms with Crippen LogP contribution in [0.4, 0.5) is 5.69 Å². The number of amides is 1. The van der Waals surface area contributed by atoms with Crippen LogP contribution in [0.5, 0.6) is 11.5 Å². The molecule has 156 valence electrons. The van der Waals surface area contributed by atoms with E-state index < -0.39 is 18.0 Å². The standard InChI is InChI=1S/C22H21NO7/c1-13(21(24)23-14-7-8-18-19(11-14)28-10-9-27-18)29-22(25)20-16(12-26-2)15-5-3-4-6-17(15)30-20/h3-8,11,13H,9-10,12H2,1-2H3,(H,23,24)/t13-/m1/s1. The van der Waals surface area contributed by atoms with E-state index in [0.717, 1.165) is 5.39 Å². The molecule has 2 heterocycles. The lowest BCUT2D eigenvalue weighted by Crippen LogP contribution is -2.30. The van der Waals surface area contributed by atoms with Crippen molar-refractivity contribution in [2.24, 2.45) is 0 Å². The highest BCUT2D eigenvalue weighted by Crippen LogP contribution is 2.32. The molecule has 1 aliphatic heterocycles. The minimum absolute atomic E-state index is 0.0250. The number of anilines is 1. The lowest BCUT2D eigenvalue weighted by molar-refractivity contribution is -0.123. The van der Waals surface area contributed by atoms with Crippen LogP contribution in [0, 0.1) is 0 Å². The maximum Gasteiger partial charge on any atom is 0.375 e. The van der Waals surface area contributed by atoms with E-state index in [1.54, 1.807) is 30.3 Å². The van der Waals surface area contributed by atoms with Crippen LogP contribution >= 0.6 is 0 Å². The van der Waals surface area contributed by atoms with Crippen molar-refractivity contribution in [2.45, 2.75) is 19.6 Å². The van der Waals surface area contributed by atoms with E-state index in [0.29, 0.717) is 41.5 Å². The molecule has 1 atom stereocenters. The molecule has 1 N–H and O–H groups in total. The minimum atomic E-state index is -1.05. The summed E-state index contributed by atoms with van der Waals surface area (Å²) in [6.45, 7) is 2.60. The van der Waals surface area contributed by atoms with Crippen molar-refractivity contribution in [1.29, 1.82) is 0 Å². The number of carbonyl (C=O) groups is 2. The number of benzene rings is 2. The van der Waals surface area contributed by atoms with Crippen molar-refractivity contribution >= 4 is 28.5 Å². The van der Waals surface area contributed by atoms with E-state index in [9.17, 15) is 9.59 Å². The van der Waals surface area contributed by atoms with Crippen molar-refractivity contribution < 1.29 is 33.0 Å². The van der Waals surface area contributed by atoms with Gasteiger partial charge in [-0.25, -0.2) is 4.79 Å². The molecule has 8 nitrogen and oxygen atoms in total. The highest BCUT2D eigenvalue weighted by atomic mass is 16.6. The number of esters is 1. The summed E-state index contributed by atoms with van der Waals surface area (Å²) < 4.78 is 27.2. The van der Waals surface area contributed by atoms with Gasteiger partial charge >= 0.3 is 5.97 Å². The molecule has 30 heavy (non-hydrogen) atoms. The van der Waals surface area contributed by atoms with Gasteiger partial charge in [-0.3, -0.25) is 4.79 Å². The first-order valence-corrected chi connectivity index (χ1v) is 9.47. The van der Waals surface area contributed by atoms with E-state index in [-0.39, 0.29) is 12.4 Å². The first kappa shape index (κ1) is 19.8. The zero-order valence-corrected chi connectivity index (χ0v) is 16.6. The Morgan fingerprint density at radius 3 is 2.67 bits per heavy atom. The van der Waals surface area contributed by atoms with Gasteiger partial charge in [-0.1, -0.05) is 18.2 Å². The van der Waals surface area contributed by atoms with Crippen LogP contribution in [0.25, 0.3) is 11.0 Å². The van der Waals surface area contributed by atoms with Crippen LogP contribution < -0.4 is 14.8 Å². The molecule has 4 rings (SSSR count). The Bertz CT molecular complexity index is 1090. The van der Waals surface area contributed by atoms with Gasteiger partial charge in [0.25, 0.3) is 5.91 Å². The largest absolute Gasteiger partial charge is 0.486 e. The zero-order chi connectivity index (χ0) is 21.1. The monoisotopic (exact) mass is 411 g/mol. The molecule has 3 aromatic rings. The zero-order valence-electron chi connectivity index (χ0n) is 16.6. The van der Waals surface area contributed by atoms with Gasteiger partial charge in [-0.05, 0) is 25.1 Å². The molecular weight excluding hydrogens is 390 g/mol. The van der Waals surface area contributed by atoms with Crippen molar-refractivity contribution in [1.82, 2.24) is 0 Å². The number of hydrogen-bond acceptors (Lipinski definition) is 7. The Morgan fingerprint density at radius 2 is 1.87 bits per heavy atom. The molecule has 0 aliphatic carbocycles. The van der Waals surface area contributed by atoms with E-state index in [1.165, 1.54) is 14.0 Å².